The molecule has 0 aromatic carbocycles. The number of rotatable bonds is 1. The van der Waals surface area contributed by atoms with Crippen LogP contribution in [0.5, 0.6) is 0 Å². The van der Waals surface area contributed by atoms with E-state index in [1.54, 1.807) is 0 Å². The molecule has 2 aliphatic rings. The maximum absolute atomic E-state index is 12.3. The highest BCUT2D eigenvalue weighted by Crippen LogP contribution is 2.50. The van der Waals surface area contributed by atoms with E-state index in [1.807, 2.05) is 13.8 Å². The van der Waals surface area contributed by atoms with E-state index in [9.17, 15) is 14.7 Å². The minimum atomic E-state index is -2.09. The fourth-order valence-corrected chi connectivity index (χ4v) is 3.62. The molecule has 0 aromatic rings. The molecule has 1 N–H and O–H groups in total. The maximum Gasteiger partial charge on any atom is 0.346 e. The van der Waals surface area contributed by atoms with Crippen molar-refractivity contribution in [3.63, 3.8) is 0 Å². The van der Waals surface area contributed by atoms with Crippen LogP contribution in [0.4, 0.5) is 0 Å². The number of carbonyl (C=O) groups is 2. The van der Waals surface area contributed by atoms with E-state index < -0.39 is 23.0 Å². The fourth-order valence-electron chi connectivity index (χ4n) is 3.62. The Morgan fingerprint density at radius 1 is 1.42 bits per heavy atom. The zero-order valence-electron chi connectivity index (χ0n) is 11.9. The van der Waals surface area contributed by atoms with Crippen molar-refractivity contribution >= 4 is 11.8 Å². The van der Waals surface area contributed by atoms with Crippen LogP contribution in [0.15, 0.2) is 12.2 Å². The molecule has 1 heterocycles. The highest BCUT2D eigenvalue weighted by Gasteiger charge is 2.61. The maximum atomic E-state index is 12.3. The Kier molecular flexibility index (Phi) is 3.33. The van der Waals surface area contributed by atoms with Crippen molar-refractivity contribution in [2.24, 2.45) is 11.8 Å². The molecule has 1 saturated heterocycles. The first kappa shape index (κ1) is 14.3. The predicted molar refractivity (Wildman–Crippen MR) is 70.4 cm³/mol. The quantitative estimate of drug-likeness (QED) is 0.448. The molecule has 1 aliphatic carbocycles. The van der Waals surface area contributed by atoms with Gasteiger partial charge in [0.05, 0.1) is 0 Å². The number of hydrogen-bond donors (Lipinski definition) is 1. The third-order valence-corrected chi connectivity index (χ3v) is 4.87. The molecule has 0 bridgehead atoms. The minimum absolute atomic E-state index is 0.0581. The zero-order valence-corrected chi connectivity index (χ0v) is 11.9. The standard InChI is InChI=1S/C15H22O4/c1-5-11-8-6-7-9(2)15(11)10(3)12(16)14(4,18)13(17)19-15/h9,11,18H,3,5-8H2,1-2,4H3/t9-,11-,14+,15+/m1/s1. The highest BCUT2D eigenvalue weighted by atomic mass is 16.6. The molecule has 0 radical (unpaired) electrons. The van der Waals surface area contributed by atoms with Gasteiger partial charge in [0, 0.05) is 17.4 Å². The van der Waals surface area contributed by atoms with Crippen LogP contribution in [0.3, 0.4) is 0 Å². The first-order valence-electron chi connectivity index (χ1n) is 6.98. The summed E-state index contributed by atoms with van der Waals surface area (Å²) in [7, 11) is 0. The van der Waals surface area contributed by atoms with Gasteiger partial charge in [-0.05, 0) is 26.2 Å². The molecule has 1 saturated carbocycles. The molecule has 1 aliphatic heterocycles. The van der Waals surface area contributed by atoms with Crippen LogP contribution in [-0.2, 0) is 14.3 Å². The molecule has 0 amide bonds. The van der Waals surface area contributed by atoms with E-state index in [4.69, 9.17) is 4.74 Å². The molecular formula is C15H22O4. The van der Waals surface area contributed by atoms with Gasteiger partial charge in [0.15, 0.2) is 0 Å². The second-order valence-electron chi connectivity index (χ2n) is 6.00. The van der Waals surface area contributed by atoms with E-state index in [-0.39, 0.29) is 17.4 Å². The normalized spacial score (nSPS) is 43.5. The Bertz CT molecular complexity index is 437. The summed E-state index contributed by atoms with van der Waals surface area (Å²) >= 11 is 0. The molecule has 0 aromatic heterocycles. The third kappa shape index (κ3) is 1.76. The van der Waals surface area contributed by atoms with Gasteiger partial charge in [-0.2, -0.15) is 0 Å². The molecule has 2 fully saturated rings. The number of ketones is 1. The lowest BCUT2D eigenvalue weighted by atomic mass is 9.61. The molecule has 106 valence electrons. The number of Topliss-reactive ketones (excluding diaryl/α,β-unsaturated/α-hetero) is 1. The van der Waals surface area contributed by atoms with Crippen molar-refractivity contribution in [1.82, 2.24) is 0 Å². The summed E-state index contributed by atoms with van der Waals surface area (Å²) in [6.45, 7) is 9.07. The lowest BCUT2D eigenvalue weighted by Crippen LogP contribution is -2.64. The number of aliphatic hydroxyl groups is 1. The van der Waals surface area contributed by atoms with Crippen LogP contribution in [0.1, 0.15) is 46.5 Å². The number of hydrogen-bond acceptors (Lipinski definition) is 4. The second-order valence-corrected chi connectivity index (χ2v) is 6.00. The van der Waals surface area contributed by atoms with Gasteiger partial charge < -0.3 is 9.84 Å². The van der Waals surface area contributed by atoms with E-state index >= 15 is 0 Å². The molecule has 0 unspecified atom stereocenters. The zero-order chi connectivity index (χ0) is 14.4. The van der Waals surface area contributed by atoms with Gasteiger partial charge in [-0.3, -0.25) is 4.79 Å². The van der Waals surface area contributed by atoms with Gasteiger partial charge in [-0.1, -0.05) is 26.8 Å². The summed E-state index contributed by atoms with van der Waals surface area (Å²) in [6, 6.07) is 0. The molecule has 19 heavy (non-hydrogen) atoms. The van der Waals surface area contributed by atoms with Crippen LogP contribution in [0.2, 0.25) is 0 Å². The molecular weight excluding hydrogens is 244 g/mol. The van der Waals surface area contributed by atoms with Crippen molar-refractivity contribution < 1.29 is 19.4 Å². The van der Waals surface area contributed by atoms with E-state index in [2.05, 4.69) is 6.58 Å². The van der Waals surface area contributed by atoms with Crippen molar-refractivity contribution in [2.45, 2.75) is 57.7 Å². The van der Waals surface area contributed by atoms with Gasteiger partial charge in [-0.15, -0.1) is 0 Å². The number of ether oxygens (including phenoxy) is 1. The van der Waals surface area contributed by atoms with Crippen LogP contribution >= 0.6 is 0 Å². The topological polar surface area (TPSA) is 63.6 Å². The minimum Gasteiger partial charge on any atom is -0.451 e. The number of carbonyl (C=O) groups excluding carboxylic acids is 2. The first-order chi connectivity index (χ1) is 8.78. The summed E-state index contributed by atoms with van der Waals surface area (Å²) in [6.07, 6.45) is 3.71. The lowest BCUT2D eigenvalue weighted by Gasteiger charge is -2.52. The molecule has 1 spiro atoms. The van der Waals surface area contributed by atoms with Crippen LogP contribution in [0, 0.1) is 11.8 Å². The average molecular weight is 266 g/mol. The summed E-state index contributed by atoms with van der Waals surface area (Å²) < 4.78 is 5.62. The van der Waals surface area contributed by atoms with E-state index in [0.29, 0.717) is 0 Å². The number of esters is 1. The molecule has 4 atom stereocenters. The summed E-state index contributed by atoms with van der Waals surface area (Å²) in [5, 5.41) is 9.96. The SMILES string of the molecule is C=C1C(=O)[C@](C)(O)C(=O)O[C@]12[C@H](CC)CCC[C@H]2C. The second kappa shape index (κ2) is 4.44. The van der Waals surface area contributed by atoms with Gasteiger partial charge in [0.25, 0.3) is 0 Å². The highest BCUT2D eigenvalue weighted by molar-refractivity contribution is 6.17. The molecule has 4 nitrogen and oxygen atoms in total. The summed E-state index contributed by atoms with van der Waals surface area (Å²) in [5.74, 6) is -1.26. The van der Waals surface area contributed by atoms with Crippen LogP contribution in [-0.4, -0.2) is 28.1 Å². The Morgan fingerprint density at radius 2 is 2.05 bits per heavy atom. The summed E-state index contributed by atoms with van der Waals surface area (Å²) in [4.78, 5) is 24.3. The van der Waals surface area contributed by atoms with Gasteiger partial charge in [0.1, 0.15) is 5.60 Å². The van der Waals surface area contributed by atoms with Crippen LogP contribution in [0.25, 0.3) is 0 Å². The van der Waals surface area contributed by atoms with Gasteiger partial charge in [-0.25, -0.2) is 4.79 Å². The van der Waals surface area contributed by atoms with E-state index in [1.165, 1.54) is 6.92 Å². The van der Waals surface area contributed by atoms with Crippen molar-refractivity contribution in [1.29, 1.82) is 0 Å². The average Bonchev–Trinajstić information content (AvgIpc) is 2.37. The predicted octanol–water partition coefficient (Wildman–Crippen LogP) is 2.00. The molecule has 2 rings (SSSR count). The third-order valence-electron chi connectivity index (χ3n) is 4.87. The van der Waals surface area contributed by atoms with Crippen LogP contribution < -0.4 is 0 Å². The van der Waals surface area contributed by atoms with Crippen molar-refractivity contribution in [2.75, 3.05) is 0 Å². The van der Waals surface area contributed by atoms with Gasteiger partial charge in [0.2, 0.25) is 11.4 Å². The van der Waals surface area contributed by atoms with E-state index in [0.717, 1.165) is 25.7 Å². The fraction of sp³-hybridized carbons (Fsp3) is 0.733. The van der Waals surface area contributed by atoms with Crippen molar-refractivity contribution in [3.8, 4) is 0 Å². The first-order valence-corrected chi connectivity index (χ1v) is 6.98. The summed E-state index contributed by atoms with van der Waals surface area (Å²) in [5.41, 5.74) is -2.74. The van der Waals surface area contributed by atoms with Gasteiger partial charge >= 0.3 is 5.97 Å². The Labute approximate surface area is 113 Å². The Morgan fingerprint density at radius 3 is 2.63 bits per heavy atom. The lowest BCUT2D eigenvalue weighted by molar-refractivity contribution is -0.202. The smallest absolute Gasteiger partial charge is 0.346 e. The molecule has 4 heteroatoms. The Balaban J connectivity index is 2.50. The largest absolute Gasteiger partial charge is 0.451 e. The van der Waals surface area contributed by atoms with Crippen molar-refractivity contribution in [3.05, 3.63) is 12.2 Å². The monoisotopic (exact) mass is 266 g/mol. The Hall–Kier alpha value is -1.16.